The average molecular weight is 364 g/mol. The van der Waals surface area contributed by atoms with E-state index in [1.807, 2.05) is 4.98 Å². The Hall–Kier alpha value is -1.86. The molecule has 132 valence electrons. The number of aliphatic hydroxyl groups excluding tert-OH is 2. The first kappa shape index (κ1) is 17.0. The van der Waals surface area contributed by atoms with Crippen LogP contribution in [0.2, 0.25) is 0 Å². The van der Waals surface area contributed by atoms with Gasteiger partial charge in [-0.15, -0.1) is 0 Å². The Balaban J connectivity index is 2.03. The van der Waals surface area contributed by atoms with Gasteiger partial charge in [0.1, 0.15) is 24.0 Å². The highest BCUT2D eigenvalue weighted by Gasteiger charge is 2.48. The molecule has 2 aromatic rings. The van der Waals surface area contributed by atoms with Crippen molar-refractivity contribution in [2.45, 2.75) is 24.5 Å². The van der Waals surface area contributed by atoms with E-state index in [0.717, 1.165) is 10.9 Å². The molecule has 1 aliphatic heterocycles. The normalized spacial score (nSPS) is 27.8. The lowest BCUT2D eigenvalue weighted by Gasteiger charge is -2.20. The van der Waals surface area contributed by atoms with Gasteiger partial charge in [-0.3, -0.25) is 23.9 Å². The molecule has 0 bridgehead atoms. The maximum absolute atomic E-state index is 11.7. The minimum Gasteiger partial charge on any atom is -0.394 e. The molecule has 0 aliphatic carbocycles. The van der Waals surface area contributed by atoms with Crippen LogP contribution in [0.4, 0.5) is 0 Å². The molecule has 3 rings (SSSR count). The number of rotatable bonds is 4. The van der Waals surface area contributed by atoms with E-state index in [9.17, 15) is 24.4 Å². The number of aromatic amines is 2. The number of aromatic nitrogens is 4. The zero-order valence-corrected chi connectivity index (χ0v) is 12.7. The van der Waals surface area contributed by atoms with Gasteiger partial charge in [-0.2, -0.15) is 0 Å². The second-order valence-corrected chi connectivity index (χ2v) is 6.25. The Kier molecular flexibility index (Phi) is 4.17. The van der Waals surface area contributed by atoms with Crippen molar-refractivity contribution in [3.05, 3.63) is 27.2 Å². The molecule has 0 aromatic carbocycles. The summed E-state index contributed by atoms with van der Waals surface area (Å²) in [6.45, 7) is -0.693. The molecule has 0 radical (unpaired) electrons. The lowest BCUT2D eigenvalue weighted by molar-refractivity contribution is -0.0509. The summed E-state index contributed by atoms with van der Waals surface area (Å²) in [7, 11) is -4.96. The lowest BCUT2D eigenvalue weighted by Crippen LogP contribution is -2.35. The third-order valence-electron chi connectivity index (χ3n) is 3.49. The standard InChI is InChI=1S/C10H13N4O9P/c15-1-3-6(23-24(19,20)21)5(16)9(22-3)14-2-11-4-7(14)12-10(18)13-8(4)17/h2-3,5-6,9,15-16H,1H2,(H2,19,20,21)(H2,12,13,17,18)/t3-,5-,6-,9-/m1/s1. The smallest absolute Gasteiger partial charge is 0.394 e. The van der Waals surface area contributed by atoms with Crippen molar-refractivity contribution in [3.63, 3.8) is 0 Å². The molecule has 0 spiro atoms. The van der Waals surface area contributed by atoms with E-state index < -0.39 is 50.2 Å². The third kappa shape index (κ3) is 2.93. The van der Waals surface area contributed by atoms with E-state index in [4.69, 9.17) is 14.5 Å². The van der Waals surface area contributed by atoms with Crippen LogP contribution in [0.5, 0.6) is 0 Å². The van der Waals surface area contributed by atoms with Gasteiger partial charge in [0.25, 0.3) is 5.56 Å². The molecule has 13 nitrogen and oxygen atoms in total. The van der Waals surface area contributed by atoms with Gasteiger partial charge in [0.15, 0.2) is 11.7 Å². The molecular weight excluding hydrogens is 351 g/mol. The number of phosphoric acid groups is 1. The number of hydrogen-bond acceptors (Lipinski definition) is 8. The molecule has 24 heavy (non-hydrogen) atoms. The Morgan fingerprint density at radius 3 is 2.71 bits per heavy atom. The minimum atomic E-state index is -4.96. The van der Waals surface area contributed by atoms with Gasteiger partial charge >= 0.3 is 13.5 Å². The second kappa shape index (κ2) is 5.89. The Labute approximate surface area is 131 Å². The van der Waals surface area contributed by atoms with Crippen LogP contribution >= 0.6 is 7.82 Å². The Morgan fingerprint density at radius 1 is 1.38 bits per heavy atom. The first-order chi connectivity index (χ1) is 11.2. The van der Waals surface area contributed by atoms with Gasteiger partial charge < -0.3 is 24.7 Å². The number of fused-ring (bicyclic) bond motifs is 1. The summed E-state index contributed by atoms with van der Waals surface area (Å²) < 4.78 is 21.9. The molecule has 1 fully saturated rings. The van der Waals surface area contributed by atoms with Gasteiger partial charge in [-0.1, -0.05) is 0 Å². The molecule has 4 atom stereocenters. The molecule has 0 saturated carbocycles. The molecule has 14 heteroatoms. The number of aliphatic hydroxyl groups is 2. The fourth-order valence-corrected chi connectivity index (χ4v) is 3.11. The Morgan fingerprint density at radius 2 is 2.08 bits per heavy atom. The summed E-state index contributed by atoms with van der Waals surface area (Å²) in [4.78, 5) is 48.9. The van der Waals surface area contributed by atoms with Crippen molar-refractivity contribution < 1.29 is 33.8 Å². The van der Waals surface area contributed by atoms with Gasteiger partial charge in [-0.25, -0.2) is 14.3 Å². The van der Waals surface area contributed by atoms with Crippen LogP contribution in [-0.2, 0) is 13.8 Å². The van der Waals surface area contributed by atoms with Crippen molar-refractivity contribution in [3.8, 4) is 0 Å². The predicted octanol–water partition coefficient (Wildman–Crippen LogP) is -2.86. The van der Waals surface area contributed by atoms with E-state index in [1.165, 1.54) is 0 Å². The highest BCUT2D eigenvalue weighted by molar-refractivity contribution is 7.46. The van der Waals surface area contributed by atoms with E-state index >= 15 is 0 Å². The zero-order valence-electron chi connectivity index (χ0n) is 11.8. The largest absolute Gasteiger partial charge is 0.470 e. The summed E-state index contributed by atoms with van der Waals surface area (Å²) in [6, 6.07) is 0. The molecule has 0 unspecified atom stereocenters. The van der Waals surface area contributed by atoms with Crippen molar-refractivity contribution in [1.82, 2.24) is 19.5 Å². The van der Waals surface area contributed by atoms with E-state index in [0.29, 0.717) is 0 Å². The number of nitrogens with one attached hydrogen (secondary N) is 2. The fourth-order valence-electron chi connectivity index (χ4n) is 2.53. The molecule has 6 N–H and O–H groups in total. The van der Waals surface area contributed by atoms with Gasteiger partial charge in [-0.05, 0) is 0 Å². The maximum Gasteiger partial charge on any atom is 0.470 e. The fraction of sp³-hybridized carbons (Fsp3) is 0.500. The van der Waals surface area contributed by atoms with Gasteiger partial charge in [0.2, 0.25) is 0 Å². The number of hydrogen-bond donors (Lipinski definition) is 6. The van der Waals surface area contributed by atoms with Crippen molar-refractivity contribution >= 4 is 19.0 Å². The quantitative estimate of drug-likeness (QED) is 0.307. The number of phosphoric ester groups is 1. The summed E-state index contributed by atoms with van der Waals surface area (Å²) in [6.07, 6.45) is -4.61. The lowest BCUT2D eigenvalue weighted by atomic mass is 10.1. The predicted molar refractivity (Wildman–Crippen MR) is 74.9 cm³/mol. The summed E-state index contributed by atoms with van der Waals surface area (Å²) >= 11 is 0. The first-order valence-corrected chi connectivity index (χ1v) is 8.12. The first-order valence-electron chi connectivity index (χ1n) is 6.58. The van der Waals surface area contributed by atoms with Crippen LogP contribution in [0.15, 0.2) is 15.9 Å². The van der Waals surface area contributed by atoms with Gasteiger partial charge in [0, 0.05) is 0 Å². The van der Waals surface area contributed by atoms with Crippen molar-refractivity contribution in [2.75, 3.05) is 6.61 Å². The SMILES string of the molecule is O=c1[nH]c(=O)c2ncn([C@@H]3O[C@H](CO)[C@@H](OP(=O)(O)O)[C@H]3O)c2[nH]1. The minimum absolute atomic E-state index is 0.0682. The van der Waals surface area contributed by atoms with Gasteiger partial charge in [0.05, 0.1) is 12.9 Å². The molecular formula is C10H13N4O9P. The zero-order chi connectivity index (χ0) is 17.6. The van der Waals surface area contributed by atoms with Crippen molar-refractivity contribution in [2.24, 2.45) is 0 Å². The summed E-state index contributed by atoms with van der Waals surface area (Å²) in [5.74, 6) is 0. The molecule has 1 aliphatic rings. The second-order valence-electron chi connectivity index (χ2n) is 5.06. The molecule has 0 amide bonds. The van der Waals surface area contributed by atoms with Crippen LogP contribution in [0.3, 0.4) is 0 Å². The Bertz CT molecular complexity index is 913. The summed E-state index contributed by atoms with van der Waals surface area (Å²) in [5, 5.41) is 19.5. The molecule has 2 aromatic heterocycles. The van der Waals surface area contributed by atoms with E-state index in [1.54, 1.807) is 0 Å². The van der Waals surface area contributed by atoms with Crippen LogP contribution in [0, 0.1) is 0 Å². The number of nitrogens with zero attached hydrogens (tertiary/aromatic N) is 2. The van der Waals surface area contributed by atoms with Crippen LogP contribution in [-0.4, -0.2) is 64.4 Å². The number of imidazole rings is 1. The van der Waals surface area contributed by atoms with E-state index in [-0.39, 0.29) is 11.2 Å². The molecule has 3 heterocycles. The summed E-state index contributed by atoms with van der Waals surface area (Å²) in [5.41, 5.74) is -1.78. The number of ether oxygens (including phenoxy) is 1. The highest BCUT2D eigenvalue weighted by Crippen LogP contribution is 2.43. The van der Waals surface area contributed by atoms with Crippen molar-refractivity contribution in [1.29, 1.82) is 0 Å². The van der Waals surface area contributed by atoms with Crippen LogP contribution in [0.25, 0.3) is 11.2 Å². The number of H-pyrrole nitrogens is 2. The van der Waals surface area contributed by atoms with Crippen LogP contribution < -0.4 is 11.2 Å². The van der Waals surface area contributed by atoms with Crippen LogP contribution in [0.1, 0.15) is 6.23 Å². The highest BCUT2D eigenvalue weighted by atomic mass is 31.2. The topological polar surface area (TPSA) is 200 Å². The molecule has 1 saturated heterocycles. The van der Waals surface area contributed by atoms with E-state index in [2.05, 4.69) is 14.5 Å². The third-order valence-corrected chi connectivity index (χ3v) is 4.01. The maximum atomic E-state index is 11.7. The average Bonchev–Trinajstić information content (AvgIpc) is 3.00. The monoisotopic (exact) mass is 364 g/mol.